The molecule has 0 radical (unpaired) electrons. The highest BCUT2D eigenvalue weighted by Gasteiger charge is 2.22. The molecule has 3 aromatic heterocycles. The number of pyridine rings is 1. The quantitative estimate of drug-likeness (QED) is 0.707. The summed E-state index contributed by atoms with van der Waals surface area (Å²) in [7, 11) is 0. The Morgan fingerprint density at radius 3 is 2.64 bits per heavy atom. The number of hydrogen-bond donors (Lipinski definition) is 2. The molecule has 3 aromatic rings. The van der Waals surface area contributed by atoms with Gasteiger partial charge in [-0.1, -0.05) is 0 Å². The largest absolute Gasteiger partial charge is 0.464 e. The summed E-state index contributed by atoms with van der Waals surface area (Å²) in [5.74, 6) is 0.374. The maximum Gasteiger partial charge on any atom is 0.194 e. The van der Waals surface area contributed by atoms with Crippen molar-refractivity contribution in [3.05, 3.63) is 39.8 Å². The molecule has 3 rings (SSSR count). The molecule has 8 heteroatoms. The lowest BCUT2D eigenvalue weighted by Crippen LogP contribution is -2.21. The van der Waals surface area contributed by atoms with Crippen LogP contribution < -0.4 is 5.49 Å². The van der Waals surface area contributed by atoms with Crippen molar-refractivity contribution in [3.63, 3.8) is 0 Å². The van der Waals surface area contributed by atoms with E-state index in [4.69, 9.17) is 22.0 Å². The zero-order valence-electron chi connectivity index (χ0n) is 11.5. The van der Waals surface area contributed by atoms with Crippen molar-refractivity contribution in [1.82, 2.24) is 14.2 Å². The number of fused-ring (bicyclic) bond motifs is 1. The van der Waals surface area contributed by atoms with Gasteiger partial charge in [-0.25, -0.2) is 4.52 Å². The number of nitriles is 2. The smallest absolute Gasteiger partial charge is 0.194 e. The maximum absolute atomic E-state index is 9.62. The van der Waals surface area contributed by atoms with Crippen molar-refractivity contribution in [2.75, 3.05) is 0 Å². The van der Waals surface area contributed by atoms with E-state index in [1.165, 1.54) is 10.8 Å². The molecule has 0 amide bonds. The van der Waals surface area contributed by atoms with E-state index in [1.807, 2.05) is 13.0 Å². The Labute approximate surface area is 129 Å². The first-order chi connectivity index (χ1) is 10.6. The van der Waals surface area contributed by atoms with E-state index in [0.29, 0.717) is 28.3 Å². The number of aromatic amines is 1. The molecule has 108 valence electrons. The summed E-state index contributed by atoms with van der Waals surface area (Å²) in [6.45, 7) is 2.42. The van der Waals surface area contributed by atoms with Crippen molar-refractivity contribution < 1.29 is 4.42 Å². The fourth-order valence-electron chi connectivity index (χ4n) is 2.48. The third-order valence-electron chi connectivity index (χ3n) is 3.41. The summed E-state index contributed by atoms with van der Waals surface area (Å²) in [6.07, 6.45) is 1.46. The fourth-order valence-corrected chi connectivity index (χ4v) is 2.78. The number of furan rings is 1. The Hall–Kier alpha value is -3.10. The van der Waals surface area contributed by atoms with Gasteiger partial charge < -0.3 is 8.98 Å². The van der Waals surface area contributed by atoms with Gasteiger partial charge in [-0.2, -0.15) is 10.5 Å². The minimum atomic E-state index is -0.0683. The predicted molar refractivity (Wildman–Crippen MR) is 79.2 cm³/mol. The second-order valence-electron chi connectivity index (χ2n) is 4.49. The molecule has 0 bridgehead atoms. The van der Waals surface area contributed by atoms with Crippen molar-refractivity contribution >= 4 is 17.9 Å². The zero-order valence-corrected chi connectivity index (χ0v) is 12.4. The van der Waals surface area contributed by atoms with Gasteiger partial charge in [0.25, 0.3) is 0 Å². The topological polar surface area (TPSA) is 110 Å². The lowest BCUT2D eigenvalue weighted by Gasteiger charge is -2.08. The SMILES string of the molecule is CCn1c(=S)[nH]n2c(=N)c(C#N)c(-c3ccco3)c(C#N)c12. The number of nitrogens with zero attached hydrogens (tertiary/aromatic N) is 4. The minimum absolute atomic E-state index is 0.0588. The number of nitrogens with one attached hydrogen (secondary N) is 2. The minimum Gasteiger partial charge on any atom is -0.464 e. The molecule has 0 atom stereocenters. The van der Waals surface area contributed by atoms with Crippen molar-refractivity contribution in [3.8, 4) is 23.5 Å². The molecule has 0 aliphatic heterocycles. The van der Waals surface area contributed by atoms with Crippen LogP contribution in [0, 0.1) is 32.8 Å². The lowest BCUT2D eigenvalue weighted by molar-refractivity contribution is 0.581. The van der Waals surface area contributed by atoms with Gasteiger partial charge in [-0.05, 0) is 31.3 Å². The van der Waals surface area contributed by atoms with Gasteiger partial charge in [-0.15, -0.1) is 0 Å². The molecule has 0 saturated heterocycles. The molecule has 0 spiro atoms. The first kappa shape index (κ1) is 13.9. The summed E-state index contributed by atoms with van der Waals surface area (Å²) in [4.78, 5) is 0. The van der Waals surface area contributed by atoms with E-state index < -0.39 is 0 Å². The van der Waals surface area contributed by atoms with Crippen LogP contribution in [0.15, 0.2) is 22.8 Å². The molecule has 2 N–H and O–H groups in total. The monoisotopic (exact) mass is 310 g/mol. The molecule has 0 aliphatic rings. The normalized spacial score (nSPS) is 10.5. The molecule has 0 aliphatic carbocycles. The average molecular weight is 310 g/mol. The summed E-state index contributed by atoms with van der Waals surface area (Å²) in [5, 5.41) is 30.1. The summed E-state index contributed by atoms with van der Waals surface area (Å²) < 4.78 is 8.80. The Morgan fingerprint density at radius 1 is 1.36 bits per heavy atom. The first-order valence-electron chi connectivity index (χ1n) is 6.44. The van der Waals surface area contributed by atoms with Crippen LogP contribution in [0.2, 0.25) is 0 Å². The van der Waals surface area contributed by atoms with E-state index >= 15 is 0 Å². The molecular weight excluding hydrogens is 300 g/mol. The van der Waals surface area contributed by atoms with E-state index in [9.17, 15) is 10.5 Å². The van der Waals surface area contributed by atoms with E-state index in [2.05, 4.69) is 11.2 Å². The third kappa shape index (κ3) is 1.72. The molecule has 3 heterocycles. The molecule has 0 aromatic carbocycles. The molecule has 0 unspecified atom stereocenters. The van der Waals surface area contributed by atoms with Gasteiger partial charge >= 0.3 is 0 Å². The molecule has 7 nitrogen and oxygen atoms in total. The van der Waals surface area contributed by atoms with E-state index in [0.717, 1.165) is 0 Å². The summed E-state index contributed by atoms with van der Waals surface area (Å²) >= 11 is 5.23. The number of rotatable bonds is 2. The average Bonchev–Trinajstić information content (AvgIpc) is 3.14. The number of aryl methyl sites for hydroxylation is 1. The maximum atomic E-state index is 9.62. The van der Waals surface area contributed by atoms with Gasteiger partial charge in [0.15, 0.2) is 15.9 Å². The van der Waals surface area contributed by atoms with Crippen LogP contribution in [0.1, 0.15) is 18.1 Å². The van der Waals surface area contributed by atoms with Crippen LogP contribution >= 0.6 is 12.2 Å². The van der Waals surface area contributed by atoms with Crippen LogP contribution in [-0.2, 0) is 6.54 Å². The number of H-pyrrole nitrogens is 1. The van der Waals surface area contributed by atoms with Gasteiger partial charge in [0, 0.05) is 6.54 Å². The molecule has 0 fully saturated rings. The second-order valence-corrected chi connectivity index (χ2v) is 4.88. The highest BCUT2D eigenvalue weighted by Crippen LogP contribution is 2.28. The second kappa shape index (κ2) is 5.02. The van der Waals surface area contributed by atoms with Crippen molar-refractivity contribution in [1.29, 1.82) is 15.9 Å². The third-order valence-corrected chi connectivity index (χ3v) is 3.72. The molecule has 22 heavy (non-hydrogen) atoms. The van der Waals surface area contributed by atoms with Gasteiger partial charge in [0.1, 0.15) is 29.0 Å². The van der Waals surface area contributed by atoms with E-state index in [1.54, 1.807) is 16.7 Å². The van der Waals surface area contributed by atoms with Gasteiger partial charge in [0.05, 0.1) is 11.8 Å². The lowest BCUT2D eigenvalue weighted by atomic mass is 10.0. The molecule has 0 saturated carbocycles. The Bertz CT molecular complexity index is 1070. The van der Waals surface area contributed by atoms with Crippen LogP contribution in [0.3, 0.4) is 0 Å². The molecular formula is C14H10N6OS. The van der Waals surface area contributed by atoms with Crippen LogP contribution in [0.4, 0.5) is 0 Å². The van der Waals surface area contributed by atoms with Crippen molar-refractivity contribution in [2.24, 2.45) is 0 Å². The van der Waals surface area contributed by atoms with Crippen LogP contribution in [0.25, 0.3) is 17.0 Å². The number of aromatic nitrogens is 3. The first-order valence-corrected chi connectivity index (χ1v) is 6.85. The summed E-state index contributed by atoms with van der Waals surface area (Å²) in [6, 6.07) is 7.42. The zero-order chi connectivity index (χ0) is 15.9. The Balaban J connectivity index is 2.67. The van der Waals surface area contributed by atoms with E-state index in [-0.39, 0.29) is 16.6 Å². The summed E-state index contributed by atoms with van der Waals surface area (Å²) in [5.41, 5.74) is 1.00. The van der Waals surface area contributed by atoms with Gasteiger partial charge in [0.2, 0.25) is 0 Å². The fraction of sp³-hybridized carbons (Fsp3) is 0.143. The van der Waals surface area contributed by atoms with Crippen LogP contribution in [0.5, 0.6) is 0 Å². The highest BCUT2D eigenvalue weighted by atomic mass is 32.1. The van der Waals surface area contributed by atoms with Crippen LogP contribution in [-0.4, -0.2) is 14.2 Å². The standard InChI is InChI=1S/C14H10N6OS/c1-2-19-13-9(7-16)11(10-4-3-5-21-10)8(6-15)12(17)20(13)18-14(19)22/h3-5,17H,2H2,1H3,(H,18,22). The Morgan fingerprint density at radius 2 is 2.09 bits per heavy atom. The number of hydrogen-bond acceptors (Lipinski definition) is 5. The Kier molecular flexibility index (Phi) is 3.17. The van der Waals surface area contributed by atoms with Gasteiger partial charge in [-0.3, -0.25) is 10.5 Å². The highest BCUT2D eigenvalue weighted by molar-refractivity contribution is 7.71. The predicted octanol–water partition coefficient (Wildman–Crippen LogP) is 2.30. The van der Waals surface area contributed by atoms with Crippen molar-refractivity contribution in [2.45, 2.75) is 13.5 Å².